The highest BCUT2D eigenvalue weighted by Gasteiger charge is 2.09. The Morgan fingerprint density at radius 1 is 1.90 bits per heavy atom. The van der Waals surface area contributed by atoms with Crippen LogP contribution in [0.1, 0.15) is 10.5 Å². The third-order valence-electron chi connectivity index (χ3n) is 0.916. The Balaban J connectivity index is 2.85. The zero-order valence-corrected chi connectivity index (χ0v) is 5.33. The molecule has 1 aromatic rings. The van der Waals surface area contributed by atoms with E-state index in [4.69, 9.17) is 5.73 Å². The van der Waals surface area contributed by atoms with Gasteiger partial charge in [-0.3, -0.25) is 0 Å². The lowest BCUT2D eigenvalue weighted by Gasteiger charge is -1.88. The SMILES string of the molecule is COC(=O)c1coc(N)n1. The summed E-state index contributed by atoms with van der Waals surface area (Å²) in [5.41, 5.74) is 5.17. The molecule has 5 heteroatoms. The first kappa shape index (κ1) is 6.60. The van der Waals surface area contributed by atoms with Gasteiger partial charge in [-0.25, -0.2) is 4.79 Å². The fraction of sp³-hybridized carbons (Fsp3) is 0.200. The molecule has 5 nitrogen and oxygen atoms in total. The number of oxazole rings is 1. The van der Waals surface area contributed by atoms with Gasteiger partial charge in [0, 0.05) is 0 Å². The highest BCUT2D eigenvalue weighted by Crippen LogP contribution is 2.03. The number of carbonyl (C=O) groups is 1. The first-order chi connectivity index (χ1) is 4.74. The Hall–Kier alpha value is -1.52. The van der Waals surface area contributed by atoms with Crippen molar-refractivity contribution in [2.24, 2.45) is 0 Å². The van der Waals surface area contributed by atoms with Gasteiger partial charge in [0.15, 0.2) is 5.69 Å². The molecule has 0 atom stereocenters. The molecule has 0 saturated heterocycles. The molecule has 54 valence electrons. The second-order valence-electron chi connectivity index (χ2n) is 1.56. The third kappa shape index (κ3) is 1.07. The Morgan fingerprint density at radius 2 is 2.60 bits per heavy atom. The minimum absolute atomic E-state index is 0.0413. The Kier molecular flexibility index (Phi) is 1.57. The zero-order chi connectivity index (χ0) is 7.56. The molecule has 0 bridgehead atoms. The minimum atomic E-state index is -0.555. The smallest absolute Gasteiger partial charge is 0.360 e. The van der Waals surface area contributed by atoms with Crippen LogP contribution in [-0.4, -0.2) is 18.1 Å². The van der Waals surface area contributed by atoms with Crippen LogP contribution in [0.5, 0.6) is 0 Å². The summed E-state index contributed by atoms with van der Waals surface area (Å²) in [6.45, 7) is 0. The van der Waals surface area contributed by atoms with Gasteiger partial charge in [-0.2, -0.15) is 4.98 Å². The molecule has 0 fully saturated rings. The summed E-state index contributed by atoms with van der Waals surface area (Å²) >= 11 is 0. The van der Waals surface area contributed by atoms with Gasteiger partial charge in [0.25, 0.3) is 6.01 Å². The average Bonchev–Trinajstić information content (AvgIpc) is 2.34. The van der Waals surface area contributed by atoms with Crippen LogP contribution in [0.4, 0.5) is 6.01 Å². The predicted molar refractivity (Wildman–Crippen MR) is 32.3 cm³/mol. The fourth-order valence-corrected chi connectivity index (χ4v) is 0.486. The molecule has 0 unspecified atom stereocenters. The van der Waals surface area contributed by atoms with Gasteiger partial charge in [-0.1, -0.05) is 0 Å². The van der Waals surface area contributed by atoms with Crippen molar-refractivity contribution >= 4 is 12.0 Å². The molecule has 1 rings (SSSR count). The summed E-state index contributed by atoms with van der Waals surface area (Å²) < 4.78 is 8.89. The quantitative estimate of drug-likeness (QED) is 0.560. The van der Waals surface area contributed by atoms with E-state index in [1.807, 2.05) is 0 Å². The second kappa shape index (κ2) is 2.38. The van der Waals surface area contributed by atoms with Crippen LogP contribution in [-0.2, 0) is 4.74 Å². The van der Waals surface area contributed by atoms with Crippen molar-refractivity contribution in [3.8, 4) is 0 Å². The van der Waals surface area contributed by atoms with E-state index >= 15 is 0 Å². The number of ether oxygens (including phenoxy) is 1. The van der Waals surface area contributed by atoms with E-state index in [2.05, 4.69) is 14.1 Å². The molecule has 0 aromatic carbocycles. The van der Waals surface area contributed by atoms with E-state index in [1.165, 1.54) is 7.11 Å². The second-order valence-corrected chi connectivity index (χ2v) is 1.56. The van der Waals surface area contributed by atoms with Crippen LogP contribution in [0.2, 0.25) is 0 Å². The largest absolute Gasteiger partial charge is 0.464 e. The van der Waals surface area contributed by atoms with Crippen molar-refractivity contribution in [3.05, 3.63) is 12.0 Å². The van der Waals surface area contributed by atoms with Crippen LogP contribution in [0.15, 0.2) is 10.7 Å². The number of aromatic nitrogens is 1. The van der Waals surface area contributed by atoms with Gasteiger partial charge in [0.2, 0.25) is 0 Å². The van der Waals surface area contributed by atoms with E-state index in [9.17, 15) is 4.79 Å². The number of hydrogen-bond acceptors (Lipinski definition) is 5. The van der Waals surface area contributed by atoms with E-state index in [1.54, 1.807) is 0 Å². The number of hydrogen-bond donors (Lipinski definition) is 1. The Bertz CT molecular complexity index is 243. The maximum absolute atomic E-state index is 10.6. The molecular formula is C5H6N2O3. The summed E-state index contributed by atoms with van der Waals surface area (Å²) in [6, 6.07) is -0.0413. The average molecular weight is 142 g/mol. The maximum atomic E-state index is 10.6. The molecule has 1 heterocycles. The normalized spacial score (nSPS) is 9.30. The van der Waals surface area contributed by atoms with Crippen molar-refractivity contribution in [2.45, 2.75) is 0 Å². The fourth-order valence-electron chi connectivity index (χ4n) is 0.486. The van der Waals surface area contributed by atoms with E-state index < -0.39 is 5.97 Å². The number of nitrogens with two attached hydrogens (primary N) is 1. The van der Waals surface area contributed by atoms with E-state index in [-0.39, 0.29) is 11.7 Å². The molecule has 10 heavy (non-hydrogen) atoms. The lowest BCUT2D eigenvalue weighted by molar-refractivity contribution is 0.0594. The minimum Gasteiger partial charge on any atom is -0.464 e. The predicted octanol–water partition coefficient (Wildman–Crippen LogP) is 0.0434. The Morgan fingerprint density at radius 3 is 3.00 bits per heavy atom. The molecular weight excluding hydrogens is 136 g/mol. The number of anilines is 1. The van der Waals surface area contributed by atoms with Gasteiger partial charge >= 0.3 is 5.97 Å². The molecule has 0 aliphatic carbocycles. The molecule has 1 aromatic heterocycles. The van der Waals surface area contributed by atoms with Crippen molar-refractivity contribution in [1.29, 1.82) is 0 Å². The summed E-state index contributed by atoms with van der Waals surface area (Å²) in [7, 11) is 1.26. The number of carbonyl (C=O) groups excluding carboxylic acids is 1. The topological polar surface area (TPSA) is 78.3 Å². The summed E-state index contributed by atoms with van der Waals surface area (Å²) in [5.74, 6) is -0.555. The zero-order valence-electron chi connectivity index (χ0n) is 5.33. The standard InChI is InChI=1S/C5H6N2O3/c1-9-4(8)3-2-10-5(6)7-3/h2H,1H3,(H2,6,7). The van der Waals surface area contributed by atoms with Crippen molar-refractivity contribution in [2.75, 3.05) is 12.8 Å². The monoisotopic (exact) mass is 142 g/mol. The first-order valence-electron chi connectivity index (χ1n) is 2.53. The van der Waals surface area contributed by atoms with Crippen LogP contribution in [0.25, 0.3) is 0 Å². The van der Waals surface area contributed by atoms with Crippen LogP contribution >= 0.6 is 0 Å². The van der Waals surface area contributed by atoms with Gasteiger partial charge < -0.3 is 14.9 Å². The van der Waals surface area contributed by atoms with E-state index in [0.717, 1.165) is 6.26 Å². The van der Waals surface area contributed by atoms with Crippen LogP contribution in [0.3, 0.4) is 0 Å². The maximum Gasteiger partial charge on any atom is 0.360 e. The van der Waals surface area contributed by atoms with E-state index in [0.29, 0.717) is 0 Å². The van der Waals surface area contributed by atoms with Gasteiger partial charge in [-0.05, 0) is 0 Å². The van der Waals surface area contributed by atoms with Crippen LogP contribution in [0, 0.1) is 0 Å². The molecule has 0 saturated carbocycles. The number of nitrogen functional groups attached to an aromatic ring is 1. The number of methoxy groups -OCH3 is 1. The molecule has 0 spiro atoms. The lowest BCUT2D eigenvalue weighted by atomic mass is 10.5. The van der Waals surface area contributed by atoms with Gasteiger partial charge in [0.1, 0.15) is 6.26 Å². The molecule has 2 N–H and O–H groups in total. The number of rotatable bonds is 1. The molecule has 0 radical (unpaired) electrons. The molecule has 0 aliphatic heterocycles. The summed E-state index contributed by atoms with van der Waals surface area (Å²) in [6.07, 6.45) is 1.14. The van der Waals surface area contributed by atoms with Gasteiger partial charge in [-0.15, -0.1) is 0 Å². The van der Waals surface area contributed by atoms with Gasteiger partial charge in [0.05, 0.1) is 7.11 Å². The number of nitrogens with zero attached hydrogens (tertiary/aromatic N) is 1. The highest BCUT2D eigenvalue weighted by atomic mass is 16.5. The lowest BCUT2D eigenvalue weighted by Crippen LogP contribution is -2.01. The van der Waals surface area contributed by atoms with Crippen LogP contribution < -0.4 is 5.73 Å². The molecule has 0 amide bonds. The third-order valence-corrected chi connectivity index (χ3v) is 0.916. The van der Waals surface area contributed by atoms with Crippen molar-refractivity contribution in [3.63, 3.8) is 0 Å². The van der Waals surface area contributed by atoms with Crippen molar-refractivity contribution < 1.29 is 13.9 Å². The summed E-state index contributed by atoms with van der Waals surface area (Å²) in [5, 5.41) is 0. The highest BCUT2D eigenvalue weighted by molar-refractivity contribution is 5.86. The summed E-state index contributed by atoms with van der Waals surface area (Å²) in [4.78, 5) is 14.1. The first-order valence-corrected chi connectivity index (χ1v) is 2.53. The van der Waals surface area contributed by atoms with Crippen molar-refractivity contribution in [1.82, 2.24) is 4.98 Å². The molecule has 0 aliphatic rings. The number of esters is 1. The Labute approximate surface area is 56.8 Å².